The van der Waals surface area contributed by atoms with Gasteiger partial charge in [-0.25, -0.2) is 4.68 Å². The first-order valence-corrected chi connectivity index (χ1v) is 7.89. The van der Waals surface area contributed by atoms with E-state index in [9.17, 15) is 9.59 Å². The number of hydrogen-bond acceptors (Lipinski definition) is 4. The fourth-order valence-electron chi connectivity index (χ4n) is 3.07. The number of carbonyl (C=O) groups excluding carboxylic acids is 2. The van der Waals surface area contributed by atoms with Crippen molar-refractivity contribution in [3.8, 4) is 5.69 Å². The summed E-state index contributed by atoms with van der Waals surface area (Å²) in [5.41, 5.74) is 1.59. The lowest BCUT2D eigenvalue weighted by molar-refractivity contribution is -0.194. The highest BCUT2D eigenvalue weighted by Gasteiger charge is 2.50. The Hall–Kier alpha value is -2.67. The van der Waals surface area contributed by atoms with Gasteiger partial charge < -0.3 is 15.0 Å². The zero-order chi connectivity index (χ0) is 16.6. The molecule has 0 atom stereocenters. The van der Waals surface area contributed by atoms with E-state index in [1.54, 1.807) is 27.9 Å². The van der Waals surface area contributed by atoms with Crippen molar-refractivity contribution in [1.29, 1.82) is 0 Å². The van der Waals surface area contributed by atoms with E-state index >= 15 is 0 Å². The van der Waals surface area contributed by atoms with Crippen molar-refractivity contribution < 1.29 is 14.3 Å². The van der Waals surface area contributed by atoms with Crippen LogP contribution in [0.3, 0.4) is 0 Å². The number of ether oxygens (including phenoxy) is 1. The van der Waals surface area contributed by atoms with E-state index in [1.807, 2.05) is 24.4 Å². The summed E-state index contributed by atoms with van der Waals surface area (Å²) in [6.45, 7) is 2.98. The lowest BCUT2D eigenvalue weighted by Crippen LogP contribution is -2.68. The van der Waals surface area contributed by atoms with Crippen LogP contribution < -0.4 is 5.32 Å². The van der Waals surface area contributed by atoms with Crippen LogP contribution in [-0.2, 0) is 9.53 Å². The summed E-state index contributed by atoms with van der Waals surface area (Å²) in [5.74, 6) is -0.299. The minimum absolute atomic E-state index is 0.0245. The monoisotopic (exact) mass is 326 g/mol. The van der Waals surface area contributed by atoms with E-state index in [2.05, 4.69) is 10.4 Å². The van der Waals surface area contributed by atoms with Crippen molar-refractivity contribution in [2.45, 2.75) is 0 Å². The summed E-state index contributed by atoms with van der Waals surface area (Å²) in [4.78, 5) is 26.0. The van der Waals surface area contributed by atoms with Gasteiger partial charge >= 0.3 is 0 Å². The quantitative estimate of drug-likeness (QED) is 0.886. The van der Waals surface area contributed by atoms with E-state index in [0.717, 1.165) is 32.0 Å². The van der Waals surface area contributed by atoms with E-state index < -0.39 is 0 Å². The molecule has 3 heterocycles. The number of benzene rings is 1. The van der Waals surface area contributed by atoms with Crippen LogP contribution in [0.25, 0.3) is 5.69 Å². The molecule has 1 N–H and O–H groups in total. The molecule has 0 unspecified atom stereocenters. The zero-order valence-electron chi connectivity index (χ0n) is 13.1. The molecule has 2 amide bonds. The van der Waals surface area contributed by atoms with Gasteiger partial charge in [0.15, 0.2) is 0 Å². The molecule has 1 aromatic carbocycles. The third-order valence-corrected chi connectivity index (χ3v) is 4.52. The van der Waals surface area contributed by atoms with Crippen molar-refractivity contribution in [1.82, 2.24) is 20.0 Å². The molecule has 0 saturated carbocycles. The Morgan fingerprint density at radius 3 is 2.54 bits per heavy atom. The maximum atomic E-state index is 12.1. The highest BCUT2D eigenvalue weighted by atomic mass is 16.5. The van der Waals surface area contributed by atoms with E-state index in [4.69, 9.17) is 4.74 Å². The average Bonchev–Trinajstić information content (AvgIpc) is 3.04. The van der Waals surface area contributed by atoms with Gasteiger partial charge in [-0.2, -0.15) is 5.10 Å². The van der Waals surface area contributed by atoms with Gasteiger partial charge in [0.05, 0.1) is 30.9 Å². The van der Waals surface area contributed by atoms with Crippen LogP contribution >= 0.6 is 0 Å². The van der Waals surface area contributed by atoms with E-state index in [1.165, 1.54) is 0 Å². The summed E-state index contributed by atoms with van der Waals surface area (Å²) in [7, 11) is 0. The largest absolute Gasteiger partial charge is 0.380 e. The Labute approximate surface area is 139 Å². The Morgan fingerprint density at radius 2 is 1.96 bits per heavy atom. The first kappa shape index (κ1) is 14.9. The highest BCUT2D eigenvalue weighted by molar-refractivity contribution is 5.96. The van der Waals surface area contributed by atoms with E-state index in [-0.39, 0.29) is 23.8 Å². The highest BCUT2D eigenvalue weighted by Crippen LogP contribution is 2.37. The van der Waals surface area contributed by atoms with Gasteiger partial charge in [-0.05, 0) is 30.3 Å². The Bertz CT molecular complexity index is 743. The smallest absolute Gasteiger partial charge is 0.251 e. The molecule has 2 aliphatic heterocycles. The fourth-order valence-corrected chi connectivity index (χ4v) is 3.07. The number of amides is 2. The summed E-state index contributed by atoms with van der Waals surface area (Å²) >= 11 is 0. The van der Waals surface area contributed by atoms with Gasteiger partial charge in [0.25, 0.3) is 5.91 Å². The predicted molar refractivity (Wildman–Crippen MR) is 85.7 cm³/mol. The first-order chi connectivity index (χ1) is 11.7. The van der Waals surface area contributed by atoms with Gasteiger partial charge in [-0.15, -0.1) is 0 Å². The van der Waals surface area contributed by atoms with Gasteiger partial charge in [0.1, 0.15) is 0 Å². The first-order valence-electron chi connectivity index (χ1n) is 7.89. The average molecular weight is 326 g/mol. The number of nitrogens with zero attached hydrogens (tertiary/aromatic N) is 3. The third kappa shape index (κ3) is 2.67. The number of carbonyl (C=O) groups is 2. The Morgan fingerprint density at radius 1 is 1.21 bits per heavy atom. The normalized spacial score (nSPS) is 17.9. The third-order valence-electron chi connectivity index (χ3n) is 4.52. The lowest BCUT2D eigenvalue weighted by Gasteiger charge is -2.54. The van der Waals surface area contributed by atoms with Crippen LogP contribution in [0.4, 0.5) is 0 Å². The molecule has 4 rings (SSSR count). The molecular weight excluding hydrogens is 308 g/mol. The SMILES string of the molecule is O=C(NCC(=O)N1CC2(COC2)C1)c1ccc(-n2cccn2)cc1. The second-order valence-electron chi connectivity index (χ2n) is 6.42. The maximum absolute atomic E-state index is 12.1. The molecule has 1 spiro atoms. The maximum Gasteiger partial charge on any atom is 0.251 e. The number of nitrogens with one attached hydrogen (secondary N) is 1. The Kier molecular flexibility index (Phi) is 3.57. The zero-order valence-corrected chi connectivity index (χ0v) is 13.1. The molecule has 2 aromatic rings. The van der Waals surface area contributed by atoms with Crippen molar-refractivity contribution >= 4 is 11.8 Å². The molecule has 7 nitrogen and oxygen atoms in total. The molecule has 2 saturated heterocycles. The molecule has 2 aliphatic rings. The van der Waals surface area contributed by atoms with Crippen molar-refractivity contribution in [2.24, 2.45) is 5.41 Å². The molecule has 124 valence electrons. The van der Waals surface area contributed by atoms with Crippen molar-refractivity contribution in [2.75, 3.05) is 32.8 Å². The van der Waals surface area contributed by atoms with Gasteiger partial charge in [0.2, 0.25) is 5.91 Å². The molecule has 2 fully saturated rings. The molecule has 24 heavy (non-hydrogen) atoms. The van der Waals surface area contributed by atoms with Crippen LogP contribution in [0.15, 0.2) is 42.7 Å². The van der Waals surface area contributed by atoms with Gasteiger partial charge in [-0.1, -0.05) is 0 Å². The Balaban J connectivity index is 1.29. The number of hydrogen-bond donors (Lipinski definition) is 1. The summed E-state index contributed by atoms with van der Waals surface area (Å²) in [6, 6.07) is 8.92. The van der Waals surface area contributed by atoms with Crippen LogP contribution in [0.5, 0.6) is 0 Å². The summed E-state index contributed by atoms with van der Waals surface area (Å²) in [5, 5.41) is 6.82. The second-order valence-corrected chi connectivity index (χ2v) is 6.42. The second kappa shape index (κ2) is 5.76. The summed E-state index contributed by atoms with van der Waals surface area (Å²) in [6.07, 6.45) is 3.53. The van der Waals surface area contributed by atoms with E-state index in [0.29, 0.717) is 5.56 Å². The fraction of sp³-hybridized carbons (Fsp3) is 0.353. The standard InChI is InChI=1S/C17H18N4O3/c22-15(20-9-17(10-20)11-24-12-17)8-18-16(23)13-2-4-14(5-3-13)21-7-1-6-19-21/h1-7H,8-12H2,(H,18,23). The molecule has 1 aromatic heterocycles. The van der Waals surface area contributed by atoms with Crippen LogP contribution in [0.1, 0.15) is 10.4 Å². The number of likely N-dealkylation sites (tertiary alicyclic amines) is 1. The van der Waals surface area contributed by atoms with Crippen LogP contribution in [0, 0.1) is 5.41 Å². The molecular formula is C17H18N4O3. The van der Waals surface area contributed by atoms with Gasteiger partial charge in [-0.3, -0.25) is 9.59 Å². The van der Waals surface area contributed by atoms with Crippen LogP contribution in [0.2, 0.25) is 0 Å². The molecule has 0 radical (unpaired) electrons. The van der Waals surface area contributed by atoms with Gasteiger partial charge in [0, 0.05) is 31.0 Å². The molecule has 7 heteroatoms. The van der Waals surface area contributed by atoms with Crippen LogP contribution in [-0.4, -0.2) is 59.3 Å². The predicted octanol–water partition coefficient (Wildman–Crippen LogP) is 0.461. The lowest BCUT2D eigenvalue weighted by atomic mass is 9.78. The minimum Gasteiger partial charge on any atom is -0.380 e. The topological polar surface area (TPSA) is 76.5 Å². The summed E-state index contributed by atoms with van der Waals surface area (Å²) < 4.78 is 6.90. The molecule has 0 aliphatic carbocycles. The van der Waals surface area contributed by atoms with Crippen molar-refractivity contribution in [3.05, 3.63) is 48.3 Å². The minimum atomic E-state index is -0.252. The number of aromatic nitrogens is 2. The van der Waals surface area contributed by atoms with Crippen molar-refractivity contribution in [3.63, 3.8) is 0 Å². The molecule has 0 bridgehead atoms. The number of rotatable bonds is 4.